The first-order valence-corrected chi connectivity index (χ1v) is 10.2. The van der Waals surface area contributed by atoms with Crippen LogP contribution in [0.25, 0.3) is 0 Å². The zero-order chi connectivity index (χ0) is 20.1. The van der Waals surface area contributed by atoms with Gasteiger partial charge in [-0.05, 0) is 39.5 Å². The summed E-state index contributed by atoms with van der Waals surface area (Å²) < 4.78 is 17.8. The van der Waals surface area contributed by atoms with E-state index in [1.165, 1.54) is 0 Å². The summed E-state index contributed by atoms with van der Waals surface area (Å²) in [5.74, 6) is 0.124. The summed E-state index contributed by atoms with van der Waals surface area (Å²) in [6.07, 6.45) is 7.17. The lowest BCUT2D eigenvalue weighted by Gasteiger charge is -2.38. The van der Waals surface area contributed by atoms with Crippen molar-refractivity contribution >= 4 is 0 Å². The van der Waals surface area contributed by atoms with E-state index in [4.69, 9.17) is 19.9 Å². The molecule has 0 aromatic carbocycles. The van der Waals surface area contributed by atoms with Gasteiger partial charge in [-0.25, -0.2) is 0 Å². The van der Waals surface area contributed by atoms with Crippen molar-refractivity contribution in [3.05, 3.63) is 12.2 Å². The van der Waals surface area contributed by atoms with Crippen molar-refractivity contribution in [2.75, 3.05) is 33.0 Å². The average molecular weight is 374 g/mol. The molecule has 2 unspecified atom stereocenters. The quantitative estimate of drug-likeness (QED) is 0.404. The molecule has 0 saturated heterocycles. The molecule has 0 rings (SSSR count). The number of ether oxygens (including phenoxy) is 3. The maximum atomic E-state index is 10.2. The molecule has 0 aromatic heterocycles. The van der Waals surface area contributed by atoms with E-state index in [1.54, 1.807) is 0 Å². The Hall–Kier alpha value is -0.460. The summed E-state index contributed by atoms with van der Waals surface area (Å²) in [5, 5.41) is 10.2. The van der Waals surface area contributed by atoms with Gasteiger partial charge < -0.3 is 25.1 Å². The van der Waals surface area contributed by atoms with Crippen LogP contribution in [0.5, 0.6) is 0 Å². The Bertz CT molecular complexity index is 365. The van der Waals surface area contributed by atoms with Crippen molar-refractivity contribution in [1.29, 1.82) is 0 Å². The van der Waals surface area contributed by atoms with Crippen LogP contribution in [-0.2, 0) is 14.2 Å². The van der Waals surface area contributed by atoms with Gasteiger partial charge in [0.25, 0.3) is 0 Å². The lowest BCUT2D eigenvalue weighted by Crippen LogP contribution is -2.43. The molecular weight excluding hydrogens is 330 g/mol. The third-order valence-corrected chi connectivity index (χ3v) is 5.53. The second-order valence-corrected chi connectivity index (χ2v) is 7.20. The van der Waals surface area contributed by atoms with E-state index in [9.17, 15) is 5.11 Å². The van der Waals surface area contributed by atoms with Crippen LogP contribution in [0, 0.1) is 5.92 Å². The summed E-state index contributed by atoms with van der Waals surface area (Å²) in [6.45, 7) is 14.7. The molecule has 0 saturated carbocycles. The minimum Gasteiger partial charge on any atom is -0.388 e. The van der Waals surface area contributed by atoms with E-state index in [-0.39, 0.29) is 23.7 Å². The molecule has 0 fully saturated rings. The summed E-state index contributed by atoms with van der Waals surface area (Å²) in [4.78, 5) is 0. The van der Waals surface area contributed by atoms with Gasteiger partial charge in [0.2, 0.25) is 0 Å². The maximum absolute atomic E-state index is 10.2. The fourth-order valence-corrected chi connectivity index (χ4v) is 3.09. The Morgan fingerprint density at radius 1 is 0.962 bits per heavy atom. The van der Waals surface area contributed by atoms with E-state index in [1.807, 2.05) is 13.0 Å². The third-order valence-electron chi connectivity index (χ3n) is 5.53. The Morgan fingerprint density at radius 2 is 1.58 bits per heavy atom. The first-order chi connectivity index (χ1) is 12.4. The van der Waals surface area contributed by atoms with Crippen LogP contribution >= 0.6 is 0 Å². The minimum atomic E-state index is -0.624. The maximum Gasteiger partial charge on any atom is 0.101 e. The van der Waals surface area contributed by atoms with Crippen molar-refractivity contribution < 1.29 is 19.3 Å². The van der Waals surface area contributed by atoms with Crippen molar-refractivity contribution in [2.45, 2.75) is 84.5 Å². The standard InChI is InChI=1S/C21H43NO4/c1-7-12-18(21(10-4,11-5)25-14-13-22)15-24-16-19(23)17-26-20(6,8-2)9-3/h7,12,18-19,23H,8-11,13-17,22H2,1-6H3/b12-7-. The van der Waals surface area contributed by atoms with E-state index in [0.717, 1.165) is 25.7 Å². The zero-order valence-electron chi connectivity index (χ0n) is 17.9. The zero-order valence-corrected chi connectivity index (χ0v) is 17.9. The van der Waals surface area contributed by atoms with Gasteiger partial charge in [-0.1, -0.05) is 39.8 Å². The van der Waals surface area contributed by atoms with Crippen molar-refractivity contribution in [3.8, 4) is 0 Å². The molecule has 5 nitrogen and oxygen atoms in total. The second-order valence-electron chi connectivity index (χ2n) is 7.20. The van der Waals surface area contributed by atoms with E-state index >= 15 is 0 Å². The first kappa shape index (κ1) is 25.5. The molecule has 26 heavy (non-hydrogen) atoms. The lowest BCUT2D eigenvalue weighted by molar-refractivity contribution is -0.113. The number of hydrogen-bond acceptors (Lipinski definition) is 5. The number of allylic oxidation sites excluding steroid dienone is 1. The summed E-state index contributed by atoms with van der Waals surface area (Å²) in [5.41, 5.74) is 5.17. The van der Waals surface area contributed by atoms with Crippen LogP contribution in [0.3, 0.4) is 0 Å². The van der Waals surface area contributed by atoms with Gasteiger partial charge in [-0.3, -0.25) is 0 Å². The highest BCUT2D eigenvalue weighted by Gasteiger charge is 2.35. The van der Waals surface area contributed by atoms with E-state index < -0.39 is 6.10 Å². The third kappa shape index (κ3) is 8.49. The molecule has 0 spiro atoms. The molecule has 156 valence electrons. The van der Waals surface area contributed by atoms with Gasteiger partial charge in [0.15, 0.2) is 0 Å². The predicted octanol–water partition coefficient (Wildman–Crippen LogP) is 3.69. The van der Waals surface area contributed by atoms with Crippen molar-refractivity contribution in [1.82, 2.24) is 0 Å². The van der Waals surface area contributed by atoms with Crippen LogP contribution in [0.2, 0.25) is 0 Å². The van der Waals surface area contributed by atoms with Crippen LogP contribution < -0.4 is 5.73 Å². The normalized spacial score (nSPS) is 15.5. The molecule has 0 aromatic rings. The molecule has 0 aliphatic rings. The number of nitrogens with two attached hydrogens (primary N) is 1. The van der Waals surface area contributed by atoms with Gasteiger partial charge in [0.1, 0.15) is 6.10 Å². The fraction of sp³-hybridized carbons (Fsp3) is 0.905. The van der Waals surface area contributed by atoms with Crippen LogP contribution in [-0.4, -0.2) is 55.4 Å². The molecule has 5 heteroatoms. The largest absolute Gasteiger partial charge is 0.388 e. The first-order valence-electron chi connectivity index (χ1n) is 10.2. The van der Waals surface area contributed by atoms with Crippen molar-refractivity contribution in [2.24, 2.45) is 11.7 Å². The van der Waals surface area contributed by atoms with Gasteiger partial charge in [0, 0.05) is 12.5 Å². The summed E-state index contributed by atoms with van der Waals surface area (Å²) >= 11 is 0. The highest BCUT2D eigenvalue weighted by Crippen LogP contribution is 2.31. The summed E-state index contributed by atoms with van der Waals surface area (Å²) in [6, 6.07) is 0. The Kier molecular flexibility index (Phi) is 13.4. The Morgan fingerprint density at radius 3 is 2.04 bits per heavy atom. The lowest BCUT2D eigenvalue weighted by atomic mass is 9.82. The molecule has 2 atom stereocenters. The van der Waals surface area contributed by atoms with Gasteiger partial charge in [-0.2, -0.15) is 0 Å². The molecule has 0 aliphatic heterocycles. The van der Waals surface area contributed by atoms with Gasteiger partial charge >= 0.3 is 0 Å². The van der Waals surface area contributed by atoms with E-state index in [0.29, 0.717) is 26.4 Å². The molecule has 0 aliphatic carbocycles. The SMILES string of the molecule is C/C=C\C(COCC(O)COC(C)(CC)CC)C(CC)(CC)OCCN. The number of aliphatic hydroxyl groups excluding tert-OH is 1. The molecular formula is C21H43NO4. The monoisotopic (exact) mass is 373 g/mol. The van der Waals surface area contributed by atoms with Crippen molar-refractivity contribution in [3.63, 3.8) is 0 Å². The highest BCUT2D eigenvalue weighted by molar-refractivity contribution is 4.99. The van der Waals surface area contributed by atoms with Crippen LogP contribution in [0.15, 0.2) is 12.2 Å². The molecule has 0 amide bonds. The number of aliphatic hydroxyl groups is 1. The average Bonchev–Trinajstić information content (AvgIpc) is 2.67. The van der Waals surface area contributed by atoms with Gasteiger partial charge in [0.05, 0.1) is 37.6 Å². The smallest absolute Gasteiger partial charge is 0.101 e. The fourth-order valence-electron chi connectivity index (χ4n) is 3.09. The Labute approximate surface area is 161 Å². The highest BCUT2D eigenvalue weighted by atomic mass is 16.5. The van der Waals surface area contributed by atoms with Crippen LogP contribution in [0.4, 0.5) is 0 Å². The minimum absolute atomic E-state index is 0.124. The topological polar surface area (TPSA) is 73.9 Å². The predicted molar refractivity (Wildman–Crippen MR) is 108 cm³/mol. The second kappa shape index (κ2) is 13.7. The molecule has 3 N–H and O–H groups in total. The Balaban J connectivity index is 4.64. The van der Waals surface area contributed by atoms with Gasteiger partial charge in [-0.15, -0.1) is 0 Å². The van der Waals surface area contributed by atoms with Crippen LogP contribution in [0.1, 0.15) is 67.2 Å². The number of hydrogen-bond donors (Lipinski definition) is 2. The molecule has 0 radical (unpaired) electrons. The summed E-state index contributed by atoms with van der Waals surface area (Å²) in [7, 11) is 0. The number of rotatable bonds is 16. The van der Waals surface area contributed by atoms with E-state index in [2.05, 4.69) is 40.7 Å². The molecule has 0 bridgehead atoms. The molecule has 0 heterocycles.